The normalized spacial score (nSPS) is 23.7. The lowest BCUT2D eigenvalue weighted by molar-refractivity contribution is -0.132. The van der Waals surface area contributed by atoms with Gasteiger partial charge in [0.25, 0.3) is 0 Å². The van der Waals surface area contributed by atoms with Crippen LogP contribution in [0.15, 0.2) is 18.5 Å². The van der Waals surface area contributed by atoms with Crippen molar-refractivity contribution in [3.8, 4) is 0 Å². The molecule has 2 aliphatic rings. The summed E-state index contributed by atoms with van der Waals surface area (Å²) in [6.07, 6.45) is 6.99. The molecule has 0 saturated carbocycles. The van der Waals surface area contributed by atoms with E-state index < -0.39 is 0 Å². The van der Waals surface area contributed by atoms with E-state index in [9.17, 15) is 4.79 Å². The molecule has 2 atom stereocenters. The minimum atomic E-state index is -0.233. The van der Waals surface area contributed by atoms with E-state index in [1.807, 2.05) is 15.6 Å². The van der Waals surface area contributed by atoms with E-state index in [0.29, 0.717) is 6.61 Å². The number of hydrogen-bond acceptors (Lipinski definition) is 4. The Bertz CT molecular complexity index is 750. The maximum absolute atomic E-state index is 13.4. The third-order valence-corrected chi connectivity index (χ3v) is 5.18. The van der Waals surface area contributed by atoms with Gasteiger partial charge in [-0.15, -0.1) is 0 Å². The average molecular weight is 343 g/mol. The van der Waals surface area contributed by atoms with Gasteiger partial charge in [0.15, 0.2) is 0 Å². The summed E-state index contributed by atoms with van der Waals surface area (Å²) in [6, 6.07) is 2.22. The van der Waals surface area contributed by atoms with Gasteiger partial charge in [-0.05, 0) is 45.6 Å². The third kappa shape index (κ3) is 2.86. The zero-order valence-corrected chi connectivity index (χ0v) is 14.8. The molecule has 0 spiro atoms. The van der Waals surface area contributed by atoms with Crippen molar-refractivity contribution >= 4 is 11.6 Å². The van der Waals surface area contributed by atoms with E-state index in [1.165, 1.54) is 0 Å². The molecule has 7 nitrogen and oxygen atoms in total. The molecule has 0 aromatic carbocycles. The van der Waals surface area contributed by atoms with Crippen molar-refractivity contribution in [2.75, 3.05) is 18.1 Å². The molecule has 0 bridgehead atoms. The van der Waals surface area contributed by atoms with Crippen LogP contribution in [0.2, 0.25) is 0 Å². The fourth-order valence-electron chi connectivity index (χ4n) is 3.99. The van der Waals surface area contributed by atoms with Crippen LogP contribution in [0.25, 0.3) is 0 Å². The van der Waals surface area contributed by atoms with Crippen LogP contribution in [-0.2, 0) is 16.0 Å². The smallest absolute Gasteiger partial charge is 0.233 e. The van der Waals surface area contributed by atoms with Gasteiger partial charge in [0, 0.05) is 25.4 Å². The number of anilines is 1. The molecule has 7 heteroatoms. The quantitative estimate of drug-likeness (QED) is 0.929. The van der Waals surface area contributed by atoms with Crippen LogP contribution in [0.3, 0.4) is 0 Å². The van der Waals surface area contributed by atoms with Gasteiger partial charge in [-0.25, -0.2) is 0 Å². The van der Waals surface area contributed by atoms with E-state index in [-0.39, 0.29) is 24.0 Å². The minimum Gasteiger partial charge on any atom is -0.371 e. The third-order valence-electron chi connectivity index (χ3n) is 5.18. The van der Waals surface area contributed by atoms with E-state index >= 15 is 0 Å². The first kappa shape index (κ1) is 16.3. The second-order valence-corrected chi connectivity index (χ2v) is 7.16. The predicted octanol–water partition coefficient (Wildman–Crippen LogP) is 2.63. The number of hydrogen-bond donors (Lipinski definition) is 1. The van der Waals surface area contributed by atoms with Crippen LogP contribution in [0.4, 0.5) is 5.69 Å². The van der Waals surface area contributed by atoms with Gasteiger partial charge in [-0.1, -0.05) is 0 Å². The monoisotopic (exact) mass is 343 g/mol. The Labute approximate surface area is 147 Å². The number of ether oxygens (including phenoxy) is 1. The summed E-state index contributed by atoms with van der Waals surface area (Å²) in [4.78, 5) is 15.3. The number of carbonyl (C=O) groups is 1. The lowest BCUT2D eigenvalue weighted by atomic mass is 9.89. The molecule has 1 amide bonds. The number of rotatable bonds is 3. The molecule has 0 unspecified atom stereocenters. The molecule has 2 aromatic heterocycles. The maximum atomic E-state index is 13.4. The van der Waals surface area contributed by atoms with Crippen LogP contribution in [0.1, 0.15) is 56.6 Å². The molecule has 1 fully saturated rings. The van der Waals surface area contributed by atoms with Gasteiger partial charge in [0.2, 0.25) is 5.91 Å². The topological polar surface area (TPSA) is 76.0 Å². The van der Waals surface area contributed by atoms with Crippen LogP contribution < -0.4 is 4.90 Å². The van der Waals surface area contributed by atoms with Gasteiger partial charge in [0.1, 0.15) is 6.10 Å². The Hall–Kier alpha value is -2.15. The number of nitrogens with one attached hydrogen (secondary N) is 1. The summed E-state index contributed by atoms with van der Waals surface area (Å²) in [5, 5.41) is 11.6. The van der Waals surface area contributed by atoms with Gasteiger partial charge >= 0.3 is 0 Å². The Morgan fingerprint density at radius 3 is 3.12 bits per heavy atom. The highest BCUT2D eigenvalue weighted by Gasteiger charge is 2.39. The minimum absolute atomic E-state index is 0.142. The number of aryl methyl sites for hydroxylation is 1. The summed E-state index contributed by atoms with van der Waals surface area (Å²) < 4.78 is 8.04. The van der Waals surface area contributed by atoms with Crippen LogP contribution in [-0.4, -0.2) is 39.0 Å². The summed E-state index contributed by atoms with van der Waals surface area (Å²) in [5.74, 6) is -0.0349. The molecule has 4 rings (SSSR count). The molecule has 1 saturated heterocycles. The molecule has 0 aliphatic carbocycles. The highest BCUT2D eigenvalue weighted by Crippen LogP contribution is 2.37. The van der Waals surface area contributed by atoms with Crippen LogP contribution in [0.5, 0.6) is 0 Å². The van der Waals surface area contributed by atoms with Crippen molar-refractivity contribution in [2.24, 2.45) is 5.92 Å². The lowest BCUT2D eigenvalue weighted by Crippen LogP contribution is -2.43. The zero-order chi connectivity index (χ0) is 17.4. The predicted molar refractivity (Wildman–Crippen MR) is 93.3 cm³/mol. The van der Waals surface area contributed by atoms with Crippen molar-refractivity contribution in [3.05, 3.63) is 29.8 Å². The second-order valence-electron chi connectivity index (χ2n) is 7.16. The molecule has 2 aliphatic heterocycles. The first-order valence-corrected chi connectivity index (χ1v) is 9.15. The van der Waals surface area contributed by atoms with Gasteiger partial charge in [0.05, 0.1) is 29.2 Å². The lowest BCUT2D eigenvalue weighted by Gasteiger charge is -2.36. The van der Waals surface area contributed by atoms with Gasteiger partial charge < -0.3 is 9.64 Å². The van der Waals surface area contributed by atoms with Crippen molar-refractivity contribution in [3.63, 3.8) is 0 Å². The van der Waals surface area contributed by atoms with E-state index in [4.69, 9.17) is 4.74 Å². The second kappa shape index (κ2) is 6.63. The molecular weight excluding hydrogens is 318 g/mol. The SMILES string of the molecule is CC(C)n1nccc1[C@@H]1OCCC[C@H]1C(=O)N1CCCc2[nH]ncc21. The van der Waals surface area contributed by atoms with E-state index in [2.05, 4.69) is 29.1 Å². The number of fused-ring (bicyclic) bond motifs is 1. The molecular formula is C18H25N5O2. The molecule has 134 valence electrons. The van der Waals surface area contributed by atoms with Crippen molar-refractivity contribution in [1.29, 1.82) is 0 Å². The first-order chi connectivity index (χ1) is 12.2. The summed E-state index contributed by atoms with van der Waals surface area (Å²) in [7, 11) is 0. The Kier molecular flexibility index (Phi) is 4.33. The fourth-order valence-corrected chi connectivity index (χ4v) is 3.99. The van der Waals surface area contributed by atoms with Crippen LogP contribution >= 0.6 is 0 Å². The van der Waals surface area contributed by atoms with Crippen LogP contribution in [0, 0.1) is 5.92 Å². The van der Waals surface area contributed by atoms with Crippen molar-refractivity contribution in [2.45, 2.75) is 51.7 Å². The van der Waals surface area contributed by atoms with E-state index in [1.54, 1.807) is 12.4 Å². The highest BCUT2D eigenvalue weighted by molar-refractivity contribution is 5.96. The molecule has 0 radical (unpaired) electrons. The largest absolute Gasteiger partial charge is 0.371 e. The highest BCUT2D eigenvalue weighted by atomic mass is 16.5. The number of carbonyl (C=O) groups excluding carboxylic acids is 1. The summed E-state index contributed by atoms with van der Waals surface area (Å²) >= 11 is 0. The standard InChI is InChI=1S/C18H25N5O2/c1-12(2)23-15(7-8-20-23)17-13(5-4-10-25-17)18(24)22-9-3-6-14-16(22)11-19-21-14/h7-8,11-13,17H,3-6,9-10H2,1-2H3,(H,19,21)/t13-,17-/m1/s1. The number of aromatic amines is 1. The van der Waals surface area contributed by atoms with Crippen molar-refractivity contribution in [1.82, 2.24) is 20.0 Å². The van der Waals surface area contributed by atoms with Gasteiger partial charge in [-0.2, -0.15) is 10.2 Å². The first-order valence-electron chi connectivity index (χ1n) is 9.15. The summed E-state index contributed by atoms with van der Waals surface area (Å²) in [6.45, 7) is 5.63. The zero-order valence-electron chi connectivity index (χ0n) is 14.8. The fraction of sp³-hybridized carbons (Fsp3) is 0.611. The summed E-state index contributed by atoms with van der Waals surface area (Å²) in [5.41, 5.74) is 2.98. The molecule has 1 N–H and O–H groups in total. The van der Waals surface area contributed by atoms with Crippen molar-refractivity contribution < 1.29 is 9.53 Å². The van der Waals surface area contributed by atoms with Gasteiger partial charge in [-0.3, -0.25) is 14.6 Å². The molecule has 25 heavy (non-hydrogen) atoms. The Morgan fingerprint density at radius 1 is 1.40 bits per heavy atom. The molecule has 4 heterocycles. The number of H-pyrrole nitrogens is 1. The number of aromatic nitrogens is 4. The number of nitrogens with zero attached hydrogens (tertiary/aromatic N) is 4. The average Bonchev–Trinajstić information content (AvgIpc) is 3.29. The Morgan fingerprint density at radius 2 is 2.28 bits per heavy atom. The molecule has 2 aromatic rings. The Balaban J connectivity index is 1.64. The number of amides is 1. The maximum Gasteiger partial charge on any atom is 0.233 e. The van der Waals surface area contributed by atoms with E-state index in [0.717, 1.165) is 49.3 Å².